The molecule has 1 aliphatic carbocycles. The summed E-state index contributed by atoms with van der Waals surface area (Å²) in [5, 5.41) is 12.8. The van der Waals surface area contributed by atoms with Gasteiger partial charge in [-0.3, -0.25) is 14.4 Å². The molecule has 0 spiro atoms. The van der Waals surface area contributed by atoms with E-state index in [4.69, 9.17) is 4.74 Å². The molecule has 4 rings (SSSR count). The Morgan fingerprint density at radius 2 is 1.59 bits per heavy atom. The molecule has 1 aliphatic rings. The highest BCUT2D eigenvalue weighted by Crippen LogP contribution is 2.35. The van der Waals surface area contributed by atoms with Gasteiger partial charge in [0.25, 0.3) is 0 Å². The summed E-state index contributed by atoms with van der Waals surface area (Å²) in [4.78, 5) is 36.5. The fourth-order valence-corrected chi connectivity index (χ4v) is 4.35. The molecule has 6 nitrogen and oxygen atoms in total. The van der Waals surface area contributed by atoms with Crippen LogP contribution in [0.25, 0.3) is 11.1 Å². The van der Waals surface area contributed by atoms with Crippen LogP contribution in [0.1, 0.15) is 41.9 Å². The molecule has 3 aromatic rings. The number of hydrogen-bond donors (Lipinski definition) is 2. The molecule has 2 atom stereocenters. The standard InChI is InChI=1S/C28H27NO5/c30-26(13-14-27(31)34-18-19-7-3-1-4-8-19)29-23-15-22-12-11-21(20-9-5-2-6-10-20)16-24(22)25(17-23)28(32)33/h1-12,16,23,25H,13-15,17-18H2,(H,29,30)(H,32,33)/t23-,25+/m1/s1. The van der Waals surface area contributed by atoms with Crippen molar-refractivity contribution in [2.24, 2.45) is 0 Å². The Morgan fingerprint density at radius 3 is 2.29 bits per heavy atom. The smallest absolute Gasteiger partial charge is 0.311 e. The van der Waals surface area contributed by atoms with Crippen LogP contribution in [0.5, 0.6) is 0 Å². The van der Waals surface area contributed by atoms with Crippen molar-refractivity contribution >= 4 is 17.8 Å². The van der Waals surface area contributed by atoms with Crippen molar-refractivity contribution in [3.63, 3.8) is 0 Å². The first-order valence-electron chi connectivity index (χ1n) is 11.4. The van der Waals surface area contributed by atoms with Crippen LogP contribution >= 0.6 is 0 Å². The zero-order chi connectivity index (χ0) is 23.9. The molecule has 34 heavy (non-hydrogen) atoms. The molecule has 0 aromatic heterocycles. The van der Waals surface area contributed by atoms with Crippen LogP contribution in [0.2, 0.25) is 0 Å². The van der Waals surface area contributed by atoms with Crippen molar-refractivity contribution < 1.29 is 24.2 Å². The van der Waals surface area contributed by atoms with Crippen molar-refractivity contribution in [1.82, 2.24) is 5.32 Å². The second-order valence-electron chi connectivity index (χ2n) is 8.52. The minimum atomic E-state index is -0.907. The zero-order valence-electron chi connectivity index (χ0n) is 18.8. The molecule has 3 aromatic carbocycles. The Hall–Kier alpha value is -3.93. The summed E-state index contributed by atoms with van der Waals surface area (Å²) in [6.45, 7) is 0.173. The third-order valence-electron chi connectivity index (χ3n) is 6.08. The molecule has 0 saturated carbocycles. The third-order valence-corrected chi connectivity index (χ3v) is 6.08. The van der Waals surface area contributed by atoms with Gasteiger partial charge in [0.2, 0.25) is 5.91 Å². The summed E-state index contributed by atoms with van der Waals surface area (Å²) in [5.74, 6) is -2.33. The van der Waals surface area contributed by atoms with E-state index < -0.39 is 17.9 Å². The van der Waals surface area contributed by atoms with Crippen LogP contribution in [-0.2, 0) is 32.1 Å². The Morgan fingerprint density at radius 1 is 0.882 bits per heavy atom. The lowest BCUT2D eigenvalue weighted by Crippen LogP contribution is -2.41. The van der Waals surface area contributed by atoms with E-state index in [1.54, 1.807) is 0 Å². The van der Waals surface area contributed by atoms with E-state index in [1.165, 1.54) is 0 Å². The van der Waals surface area contributed by atoms with Crippen molar-refractivity contribution in [3.05, 3.63) is 95.6 Å². The number of benzene rings is 3. The van der Waals surface area contributed by atoms with E-state index in [0.717, 1.165) is 27.8 Å². The van der Waals surface area contributed by atoms with E-state index in [9.17, 15) is 19.5 Å². The average Bonchev–Trinajstić information content (AvgIpc) is 2.86. The molecule has 1 amide bonds. The number of ether oxygens (including phenoxy) is 1. The molecule has 0 unspecified atom stereocenters. The minimum absolute atomic E-state index is 0.00165. The van der Waals surface area contributed by atoms with Gasteiger partial charge < -0.3 is 15.2 Å². The van der Waals surface area contributed by atoms with Gasteiger partial charge in [-0.1, -0.05) is 78.9 Å². The van der Waals surface area contributed by atoms with Crippen molar-refractivity contribution in [2.75, 3.05) is 0 Å². The van der Waals surface area contributed by atoms with E-state index in [1.807, 2.05) is 78.9 Å². The molecule has 0 radical (unpaired) electrons. The summed E-state index contributed by atoms with van der Waals surface area (Å²) in [7, 11) is 0. The van der Waals surface area contributed by atoms with Crippen LogP contribution in [0.4, 0.5) is 0 Å². The highest BCUT2D eigenvalue weighted by atomic mass is 16.5. The molecule has 0 saturated heterocycles. The molecule has 6 heteroatoms. The topological polar surface area (TPSA) is 92.7 Å². The summed E-state index contributed by atoms with van der Waals surface area (Å²) < 4.78 is 5.21. The fourth-order valence-electron chi connectivity index (χ4n) is 4.35. The van der Waals surface area contributed by atoms with Crippen LogP contribution in [-0.4, -0.2) is 29.0 Å². The highest BCUT2D eigenvalue weighted by Gasteiger charge is 2.32. The number of carbonyl (C=O) groups is 3. The first-order valence-corrected chi connectivity index (χ1v) is 11.4. The fraction of sp³-hybridized carbons (Fsp3) is 0.250. The summed E-state index contributed by atoms with van der Waals surface area (Å²) in [5.41, 5.74) is 4.61. The first kappa shape index (κ1) is 23.2. The van der Waals surface area contributed by atoms with Gasteiger partial charge in [0.1, 0.15) is 6.61 Å². The molecular formula is C28H27NO5. The molecule has 0 bridgehead atoms. The number of carboxylic acids is 1. The summed E-state index contributed by atoms with van der Waals surface area (Å²) in [6, 6.07) is 24.8. The Balaban J connectivity index is 1.34. The number of carbonyl (C=O) groups excluding carboxylic acids is 2. The Labute approximate surface area is 198 Å². The Kier molecular flexibility index (Phi) is 7.38. The van der Waals surface area contributed by atoms with Gasteiger partial charge in [0.15, 0.2) is 0 Å². The SMILES string of the molecule is O=C(CCC(=O)OCc1ccccc1)N[C@@H]1Cc2ccc(-c3ccccc3)cc2[C@@H](C(=O)O)C1. The summed E-state index contributed by atoms with van der Waals surface area (Å²) >= 11 is 0. The molecule has 0 heterocycles. The van der Waals surface area contributed by atoms with Gasteiger partial charge in [-0.05, 0) is 40.7 Å². The maximum absolute atomic E-state index is 12.5. The number of amides is 1. The van der Waals surface area contributed by atoms with Crippen molar-refractivity contribution in [2.45, 2.75) is 44.2 Å². The maximum atomic E-state index is 12.5. The van der Waals surface area contributed by atoms with Crippen LogP contribution < -0.4 is 5.32 Å². The van der Waals surface area contributed by atoms with E-state index >= 15 is 0 Å². The van der Waals surface area contributed by atoms with Gasteiger partial charge in [0, 0.05) is 12.5 Å². The largest absolute Gasteiger partial charge is 0.481 e. The molecular weight excluding hydrogens is 430 g/mol. The lowest BCUT2D eigenvalue weighted by molar-refractivity contribution is -0.146. The van der Waals surface area contributed by atoms with Crippen LogP contribution in [0.3, 0.4) is 0 Å². The second kappa shape index (κ2) is 10.8. The van der Waals surface area contributed by atoms with E-state index in [-0.39, 0.29) is 31.4 Å². The van der Waals surface area contributed by atoms with Crippen molar-refractivity contribution in [3.8, 4) is 11.1 Å². The minimum Gasteiger partial charge on any atom is -0.481 e. The molecule has 0 fully saturated rings. The molecule has 174 valence electrons. The van der Waals surface area contributed by atoms with Gasteiger partial charge in [0.05, 0.1) is 12.3 Å². The van der Waals surface area contributed by atoms with E-state index in [2.05, 4.69) is 5.32 Å². The number of carboxylic acid groups (broad SMARTS) is 1. The van der Waals surface area contributed by atoms with Crippen LogP contribution in [0, 0.1) is 0 Å². The predicted molar refractivity (Wildman–Crippen MR) is 128 cm³/mol. The molecule has 2 N–H and O–H groups in total. The Bertz CT molecular complexity index is 1160. The monoisotopic (exact) mass is 457 g/mol. The van der Waals surface area contributed by atoms with Gasteiger partial charge in [-0.25, -0.2) is 0 Å². The lowest BCUT2D eigenvalue weighted by atomic mass is 9.79. The van der Waals surface area contributed by atoms with E-state index in [0.29, 0.717) is 12.8 Å². The van der Waals surface area contributed by atoms with Gasteiger partial charge in [-0.15, -0.1) is 0 Å². The second-order valence-corrected chi connectivity index (χ2v) is 8.52. The number of nitrogens with one attached hydrogen (secondary N) is 1. The first-order chi connectivity index (χ1) is 16.5. The quantitative estimate of drug-likeness (QED) is 0.487. The van der Waals surface area contributed by atoms with Crippen LogP contribution in [0.15, 0.2) is 78.9 Å². The average molecular weight is 458 g/mol. The van der Waals surface area contributed by atoms with Gasteiger partial charge >= 0.3 is 11.9 Å². The maximum Gasteiger partial charge on any atom is 0.311 e. The number of esters is 1. The number of rotatable bonds is 8. The highest BCUT2D eigenvalue weighted by molar-refractivity contribution is 5.82. The normalized spacial score (nSPS) is 16.8. The summed E-state index contributed by atoms with van der Waals surface area (Å²) in [6.07, 6.45) is 0.843. The third kappa shape index (κ3) is 5.90. The number of aliphatic carboxylic acids is 1. The number of fused-ring (bicyclic) bond motifs is 1. The lowest BCUT2D eigenvalue weighted by Gasteiger charge is -2.30. The van der Waals surface area contributed by atoms with Gasteiger partial charge in [-0.2, -0.15) is 0 Å². The molecule has 0 aliphatic heterocycles. The zero-order valence-corrected chi connectivity index (χ0v) is 18.8. The predicted octanol–water partition coefficient (Wildman–Crippen LogP) is 4.48. The number of hydrogen-bond acceptors (Lipinski definition) is 4. The van der Waals surface area contributed by atoms with Crippen molar-refractivity contribution in [1.29, 1.82) is 0 Å².